The first-order valence-corrected chi connectivity index (χ1v) is 11.0. The topological polar surface area (TPSA) is 67.8 Å². The number of aryl methyl sites for hydroxylation is 3. The van der Waals surface area contributed by atoms with Crippen LogP contribution in [0.25, 0.3) is 0 Å². The number of hydrogen-bond acceptors (Lipinski definition) is 5. The van der Waals surface area contributed by atoms with Crippen LogP contribution in [-0.4, -0.2) is 44.4 Å². The van der Waals surface area contributed by atoms with Gasteiger partial charge in [-0.1, -0.05) is 12.1 Å². The molecule has 0 aliphatic carbocycles. The maximum atomic E-state index is 6.14. The Bertz CT molecular complexity index is 835. The summed E-state index contributed by atoms with van der Waals surface area (Å²) in [4.78, 5) is 10.2. The van der Waals surface area contributed by atoms with Crippen molar-refractivity contribution in [3.8, 4) is 5.75 Å². The van der Waals surface area contributed by atoms with Crippen LogP contribution in [0.5, 0.6) is 5.75 Å². The molecule has 3 rings (SSSR count). The Kier molecular flexibility index (Phi) is 10.3. The molecule has 1 atom stereocenters. The van der Waals surface area contributed by atoms with Crippen molar-refractivity contribution in [3.05, 3.63) is 44.9 Å². The molecule has 2 aromatic rings. The van der Waals surface area contributed by atoms with Gasteiger partial charge in [0.05, 0.1) is 23.9 Å². The van der Waals surface area contributed by atoms with E-state index in [1.807, 2.05) is 0 Å². The third-order valence-electron chi connectivity index (χ3n) is 5.04. The fourth-order valence-corrected chi connectivity index (χ4v) is 4.30. The van der Waals surface area contributed by atoms with Crippen LogP contribution in [0.3, 0.4) is 0 Å². The van der Waals surface area contributed by atoms with Crippen LogP contribution < -0.4 is 15.4 Å². The van der Waals surface area contributed by atoms with Crippen LogP contribution in [0.4, 0.5) is 0 Å². The summed E-state index contributed by atoms with van der Waals surface area (Å²) < 4.78 is 11.6. The Labute approximate surface area is 200 Å². The quantitative estimate of drug-likeness (QED) is 0.299. The minimum atomic E-state index is 0. The van der Waals surface area contributed by atoms with Crippen LogP contribution in [0.15, 0.2) is 23.2 Å². The molecule has 1 aromatic heterocycles. The van der Waals surface area contributed by atoms with E-state index in [0.717, 1.165) is 60.6 Å². The zero-order valence-electron chi connectivity index (χ0n) is 18.3. The molecule has 0 radical (unpaired) electrons. The maximum absolute atomic E-state index is 6.14. The number of nitrogens with zero attached hydrogens (tertiary/aromatic N) is 2. The molecule has 1 saturated heterocycles. The average Bonchev–Trinajstić information content (AvgIpc) is 3.33. The lowest BCUT2D eigenvalue weighted by molar-refractivity contribution is 0.166. The van der Waals surface area contributed by atoms with Crippen LogP contribution in [0.2, 0.25) is 0 Å². The maximum Gasteiger partial charge on any atom is 0.191 e. The van der Waals surface area contributed by atoms with Crippen molar-refractivity contribution in [2.24, 2.45) is 10.9 Å². The van der Waals surface area contributed by atoms with Gasteiger partial charge in [0.25, 0.3) is 0 Å². The van der Waals surface area contributed by atoms with E-state index < -0.39 is 0 Å². The second-order valence-corrected chi connectivity index (χ2v) is 8.78. The Morgan fingerprint density at radius 1 is 1.30 bits per heavy atom. The van der Waals surface area contributed by atoms with Gasteiger partial charge in [-0.3, -0.25) is 4.99 Å². The van der Waals surface area contributed by atoms with Gasteiger partial charge in [-0.2, -0.15) is 0 Å². The minimum Gasteiger partial charge on any atom is -0.493 e. The van der Waals surface area contributed by atoms with Gasteiger partial charge in [-0.15, -0.1) is 35.3 Å². The molecule has 2 N–H and O–H groups in total. The molecule has 0 spiro atoms. The van der Waals surface area contributed by atoms with Crippen LogP contribution >= 0.6 is 35.3 Å². The third-order valence-corrected chi connectivity index (χ3v) is 6.17. The van der Waals surface area contributed by atoms with Crippen molar-refractivity contribution in [1.82, 2.24) is 15.6 Å². The van der Waals surface area contributed by atoms with Crippen molar-refractivity contribution in [2.75, 3.05) is 33.4 Å². The zero-order valence-corrected chi connectivity index (χ0v) is 21.4. The van der Waals surface area contributed by atoms with Gasteiger partial charge in [0.15, 0.2) is 5.96 Å². The Balaban J connectivity index is 0.00000320. The Hall–Kier alpha value is -1.39. The largest absolute Gasteiger partial charge is 0.493 e. The smallest absolute Gasteiger partial charge is 0.191 e. The molecule has 1 aliphatic rings. The SMILES string of the molecule is CN=C(NCCc1sc(C)nc1C)NCc1ccc(C)cc1OCC1CCOC1.I. The zero-order chi connectivity index (χ0) is 20.6. The van der Waals surface area contributed by atoms with E-state index in [9.17, 15) is 0 Å². The monoisotopic (exact) mass is 544 g/mol. The van der Waals surface area contributed by atoms with Gasteiger partial charge in [0, 0.05) is 49.5 Å². The van der Waals surface area contributed by atoms with E-state index in [1.54, 1.807) is 18.4 Å². The van der Waals surface area contributed by atoms with Gasteiger partial charge in [0.1, 0.15) is 5.75 Å². The lowest BCUT2D eigenvalue weighted by atomic mass is 10.1. The first kappa shape index (κ1) is 24.9. The summed E-state index contributed by atoms with van der Waals surface area (Å²) in [6, 6.07) is 6.35. The van der Waals surface area contributed by atoms with E-state index in [4.69, 9.17) is 9.47 Å². The van der Waals surface area contributed by atoms with E-state index >= 15 is 0 Å². The van der Waals surface area contributed by atoms with Crippen molar-refractivity contribution in [2.45, 2.75) is 40.2 Å². The van der Waals surface area contributed by atoms with E-state index in [0.29, 0.717) is 19.1 Å². The molecule has 1 fully saturated rings. The number of hydrogen-bond donors (Lipinski definition) is 2. The molecule has 1 aliphatic heterocycles. The summed E-state index contributed by atoms with van der Waals surface area (Å²) in [7, 11) is 1.80. The van der Waals surface area contributed by atoms with Gasteiger partial charge < -0.3 is 20.1 Å². The normalized spacial score (nSPS) is 16.3. The fraction of sp³-hybridized carbons (Fsp3) is 0.545. The molecule has 0 saturated carbocycles. The van der Waals surface area contributed by atoms with E-state index in [-0.39, 0.29) is 24.0 Å². The number of halogens is 1. The molecular weight excluding hydrogens is 511 g/mol. The molecule has 166 valence electrons. The number of aromatic nitrogens is 1. The third kappa shape index (κ3) is 7.39. The second kappa shape index (κ2) is 12.5. The van der Waals surface area contributed by atoms with E-state index in [2.05, 4.69) is 59.6 Å². The van der Waals surface area contributed by atoms with Crippen LogP contribution in [0.1, 0.15) is 33.1 Å². The lowest BCUT2D eigenvalue weighted by Gasteiger charge is -2.17. The summed E-state index contributed by atoms with van der Waals surface area (Å²) in [5.74, 6) is 2.22. The van der Waals surface area contributed by atoms with Crippen molar-refractivity contribution < 1.29 is 9.47 Å². The van der Waals surface area contributed by atoms with Crippen LogP contribution in [0, 0.1) is 26.7 Å². The van der Waals surface area contributed by atoms with E-state index in [1.165, 1.54) is 10.4 Å². The first-order chi connectivity index (χ1) is 14.0. The molecule has 0 amide bonds. The predicted octanol–water partition coefficient (Wildman–Crippen LogP) is 4.01. The fourth-order valence-electron chi connectivity index (χ4n) is 3.36. The molecule has 30 heavy (non-hydrogen) atoms. The number of thiazole rings is 1. The molecular formula is C22H33IN4O2S. The predicted molar refractivity (Wildman–Crippen MR) is 135 cm³/mol. The summed E-state index contributed by atoms with van der Waals surface area (Å²) in [6.07, 6.45) is 2.02. The number of benzene rings is 1. The Morgan fingerprint density at radius 3 is 2.80 bits per heavy atom. The number of nitrogens with one attached hydrogen (secondary N) is 2. The summed E-state index contributed by atoms with van der Waals surface area (Å²) >= 11 is 1.77. The second-order valence-electron chi connectivity index (χ2n) is 7.50. The molecule has 1 aromatic carbocycles. The summed E-state index contributed by atoms with van der Waals surface area (Å²) in [6.45, 7) is 10.0. The van der Waals surface area contributed by atoms with Gasteiger partial charge >= 0.3 is 0 Å². The standard InChI is InChI=1S/C22H32N4O2S.HI/c1-15-5-6-19(20(11-15)28-14-18-8-10-27-13-18)12-25-22(23-4)24-9-7-21-16(2)26-17(3)29-21;/h5-6,11,18H,7-10,12-14H2,1-4H3,(H2,23,24,25);1H. The highest BCUT2D eigenvalue weighted by Gasteiger charge is 2.17. The first-order valence-electron chi connectivity index (χ1n) is 10.2. The lowest BCUT2D eigenvalue weighted by Crippen LogP contribution is -2.38. The molecule has 2 heterocycles. The van der Waals surface area contributed by atoms with Crippen molar-refractivity contribution in [3.63, 3.8) is 0 Å². The van der Waals surface area contributed by atoms with Gasteiger partial charge in [-0.25, -0.2) is 4.98 Å². The minimum absolute atomic E-state index is 0. The number of guanidine groups is 1. The van der Waals surface area contributed by atoms with Gasteiger partial charge in [0.2, 0.25) is 0 Å². The average molecular weight is 545 g/mol. The number of ether oxygens (including phenoxy) is 2. The Morgan fingerprint density at radius 2 is 2.13 bits per heavy atom. The highest BCUT2D eigenvalue weighted by atomic mass is 127. The summed E-state index contributed by atoms with van der Waals surface area (Å²) in [5, 5.41) is 7.92. The molecule has 0 bridgehead atoms. The van der Waals surface area contributed by atoms with Crippen molar-refractivity contribution >= 4 is 41.3 Å². The van der Waals surface area contributed by atoms with Crippen LogP contribution in [-0.2, 0) is 17.7 Å². The van der Waals surface area contributed by atoms with Crippen molar-refractivity contribution in [1.29, 1.82) is 0 Å². The highest BCUT2D eigenvalue weighted by molar-refractivity contribution is 14.0. The molecule has 8 heteroatoms. The number of rotatable bonds is 8. The molecule has 6 nitrogen and oxygen atoms in total. The van der Waals surface area contributed by atoms with Gasteiger partial charge in [-0.05, 0) is 38.8 Å². The number of aliphatic imine (C=N–C) groups is 1. The molecule has 1 unspecified atom stereocenters. The highest BCUT2D eigenvalue weighted by Crippen LogP contribution is 2.22. The summed E-state index contributed by atoms with van der Waals surface area (Å²) in [5.41, 5.74) is 3.46.